The summed E-state index contributed by atoms with van der Waals surface area (Å²) >= 11 is 3.29. The van der Waals surface area contributed by atoms with Gasteiger partial charge in [-0.3, -0.25) is 4.79 Å². The van der Waals surface area contributed by atoms with Crippen molar-refractivity contribution in [1.29, 1.82) is 0 Å². The lowest BCUT2D eigenvalue weighted by molar-refractivity contribution is -0.138. The molecule has 21 heavy (non-hydrogen) atoms. The van der Waals surface area contributed by atoms with Crippen LogP contribution < -0.4 is 0 Å². The predicted molar refractivity (Wildman–Crippen MR) is 74.9 cm³/mol. The Hall–Kier alpha value is -1.83. The van der Waals surface area contributed by atoms with Gasteiger partial charge in [-0.1, -0.05) is 6.07 Å². The highest BCUT2D eigenvalue weighted by Gasteiger charge is 2.37. The first-order valence-corrected chi connectivity index (χ1v) is 7.31. The Balaban J connectivity index is 2.06. The van der Waals surface area contributed by atoms with Crippen molar-refractivity contribution in [2.24, 2.45) is 5.92 Å². The third-order valence-electron chi connectivity index (χ3n) is 3.54. The normalized spacial score (nSPS) is 15.9. The first-order chi connectivity index (χ1) is 10.1. The summed E-state index contributed by atoms with van der Waals surface area (Å²) in [4.78, 5) is 11.1. The number of benzene rings is 1. The van der Waals surface area contributed by atoms with Crippen LogP contribution in [0, 0.1) is 11.7 Å². The van der Waals surface area contributed by atoms with E-state index in [0.717, 1.165) is 12.8 Å². The Morgan fingerprint density at radius 1 is 1.52 bits per heavy atom. The summed E-state index contributed by atoms with van der Waals surface area (Å²) in [7, 11) is 0. The fourth-order valence-electron chi connectivity index (χ4n) is 2.41. The first kappa shape index (κ1) is 14.1. The molecule has 110 valence electrons. The highest BCUT2D eigenvalue weighted by atomic mass is 79.9. The van der Waals surface area contributed by atoms with Crippen molar-refractivity contribution >= 4 is 21.9 Å². The number of halogens is 2. The lowest BCUT2D eigenvalue weighted by Crippen LogP contribution is -2.18. The van der Waals surface area contributed by atoms with Crippen molar-refractivity contribution in [3.63, 3.8) is 0 Å². The Morgan fingerprint density at radius 2 is 2.29 bits per heavy atom. The van der Waals surface area contributed by atoms with E-state index >= 15 is 0 Å². The van der Waals surface area contributed by atoms with Crippen molar-refractivity contribution < 1.29 is 14.3 Å². The first-order valence-electron chi connectivity index (χ1n) is 6.52. The number of carbonyl (C=O) groups is 1. The zero-order valence-corrected chi connectivity index (χ0v) is 12.5. The van der Waals surface area contributed by atoms with Crippen LogP contribution in [0.1, 0.15) is 25.3 Å². The molecule has 1 unspecified atom stereocenters. The molecule has 1 aliphatic rings. The lowest BCUT2D eigenvalue weighted by Gasteiger charge is -2.16. The van der Waals surface area contributed by atoms with Crippen LogP contribution in [0.5, 0.6) is 0 Å². The van der Waals surface area contributed by atoms with E-state index in [0.29, 0.717) is 4.47 Å². The molecule has 8 heteroatoms. The fraction of sp³-hybridized carbons (Fsp3) is 0.385. The van der Waals surface area contributed by atoms with Gasteiger partial charge in [0.1, 0.15) is 5.82 Å². The summed E-state index contributed by atoms with van der Waals surface area (Å²) in [6, 6.07) is 4.24. The van der Waals surface area contributed by atoms with Gasteiger partial charge in [0.2, 0.25) is 0 Å². The summed E-state index contributed by atoms with van der Waals surface area (Å²) in [5.41, 5.74) is 0.249. The third-order valence-corrected chi connectivity index (χ3v) is 4.20. The molecule has 1 saturated carbocycles. The van der Waals surface area contributed by atoms with E-state index in [1.807, 2.05) is 0 Å². The monoisotopic (exact) mass is 354 g/mol. The van der Waals surface area contributed by atoms with Gasteiger partial charge in [-0.2, -0.15) is 0 Å². The topological polar surface area (TPSA) is 80.9 Å². The highest BCUT2D eigenvalue weighted by molar-refractivity contribution is 9.10. The van der Waals surface area contributed by atoms with E-state index in [4.69, 9.17) is 5.11 Å². The molecule has 0 radical (unpaired) electrons. The average Bonchev–Trinajstić information content (AvgIpc) is 3.15. The molecule has 6 nitrogen and oxygen atoms in total. The molecule has 0 amide bonds. The fourth-order valence-corrected chi connectivity index (χ4v) is 2.93. The summed E-state index contributed by atoms with van der Waals surface area (Å²) in [5.74, 6) is -0.890. The van der Waals surface area contributed by atoms with Crippen LogP contribution in [-0.4, -0.2) is 31.3 Å². The van der Waals surface area contributed by atoms with E-state index in [2.05, 4.69) is 31.5 Å². The minimum atomic E-state index is -0.916. The van der Waals surface area contributed by atoms with Crippen LogP contribution in [-0.2, 0) is 4.79 Å². The second kappa shape index (κ2) is 5.51. The van der Waals surface area contributed by atoms with Gasteiger partial charge in [-0.15, -0.1) is 5.10 Å². The van der Waals surface area contributed by atoms with Crippen LogP contribution in [0.2, 0.25) is 0 Å². The van der Waals surface area contributed by atoms with Crippen molar-refractivity contribution in [3.8, 4) is 11.4 Å². The number of hydrogen-bond acceptors (Lipinski definition) is 4. The molecule has 3 rings (SSSR count). The van der Waals surface area contributed by atoms with Crippen molar-refractivity contribution in [2.45, 2.75) is 25.3 Å². The molecule has 1 N–H and O–H groups in total. The molecule has 1 fully saturated rings. The van der Waals surface area contributed by atoms with E-state index in [9.17, 15) is 9.18 Å². The Bertz CT molecular complexity index is 666. The maximum Gasteiger partial charge on any atom is 0.305 e. The largest absolute Gasteiger partial charge is 0.481 e. The van der Waals surface area contributed by atoms with Gasteiger partial charge in [0.15, 0.2) is 5.82 Å². The Labute approximate surface area is 128 Å². The zero-order chi connectivity index (χ0) is 15.0. The predicted octanol–water partition coefficient (Wildman–Crippen LogP) is 2.67. The van der Waals surface area contributed by atoms with Crippen molar-refractivity contribution in [2.75, 3.05) is 0 Å². The second-order valence-corrected chi connectivity index (χ2v) is 5.90. The lowest BCUT2D eigenvalue weighted by atomic mass is 10.1. The number of carboxylic acid groups (broad SMARTS) is 1. The molecule has 1 atom stereocenters. The summed E-state index contributed by atoms with van der Waals surface area (Å²) in [6.07, 6.45) is 1.81. The number of nitrogens with zero attached hydrogens (tertiary/aromatic N) is 4. The molecule has 1 heterocycles. The zero-order valence-electron chi connectivity index (χ0n) is 10.9. The minimum absolute atomic E-state index is 0.0746. The Kier molecular flexibility index (Phi) is 3.71. The maximum absolute atomic E-state index is 14.1. The van der Waals surface area contributed by atoms with Crippen LogP contribution in [0.4, 0.5) is 4.39 Å². The maximum atomic E-state index is 14.1. The molecular formula is C13H12BrFN4O2. The number of carboxylic acids is 1. The molecule has 0 bridgehead atoms. The highest BCUT2D eigenvalue weighted by Crippen LogP contribution is 2.43. The molecule has 2 aromatic rings. The average molecular weight is 355 g/mol. The van der Waals surface area contributed by atoms with Crippen molar-refractivity contribution in [3.05, 3.63) is 28.5 Å². The van der Waals surface area contributed by atoms with Crippen LogP contribution in [0.3, 0.4) is 0 Å². The number of rotatable bonds is 5. The van der Waals surface area contributed by atoms with Gasteiger partial charge in [0, 0.05) is 4.47 Å². The van der Waals surface area contributed by atoms with E-state index in [1.165, 1.54) is 10.7 Å². The van der Waals surface area contributed by atoms with E-state index in [1.54, 1.807) is 12.1 Å². The van der Waals surface area contributed by atoms with Crippen LogP contribution in [0.25, 0.3) is 11.4 Å². The van der Waals surface area contributed by atoms with E-state index in [-0.39, 0.29) is 29.8 Å². The molecule has 0 spiro atoms. The molecular weight excluding hydrogens is 343 g/mol. The molecule has 1 aliphatic carbocycles. The standard InChI is InChI=1S/C13H12BrFN4O2/c14-8-2-1-3-9(15)12(8)13-16-17-18-19(13)10(6-11(20)21)7-4-5-7/h1-3,7,10H,4-6H2,(H,20,21). The Morgan fingerprint density at radius 3 is 2.90 bits per heavy atom. The second-order valence-electron chi connectivity index (χ2n) is 5.05. The summed E-state index contributed by atoms with van der Waals surface area (Å²) in [5, 5.41) is 20.4. The molecule has 1 aromatic heterocycles. The van der Waals surface area contributed by atoms with Gasteiger partial charge in [0.25, 0.3) is 0 Å². The number of aromatic nitrogens is 4. The number of tetrazole rings is 1. The smallest absolute Gasteiger partial charge is 0.305 e. The van der Waals surface area contributed by atoms with Crippen molar-refractivity contribution in [1.82, 2.24) is 20.2 Å². The van der Waals surface area contributed by atoms with Gasteiger partial charge < -0.3 is 5.11 Å². The third kappa shape index (κ3) is 2.80. The minimum Gasteiger partial charge on any atom is -0.481 e. The van der Waals surface area contributed by atoms with Gasteiger partial charge in [-0.25, -0.2) is 9.07 Å². The molecule has 0 aliphatic heterocycles. The number of hydrogen-bond donors (Lipinski definition) is 1. The molecule has 1 aromatic carbocycles. The number of aliphatic carboxylic acids is 1. The summed E-state index contributed by atoms with van der Waals surface area (Å²) < 4.78 is 16.1. The van der Waals surface area contributed by atoms with Crippen LogP contribution >= 0.6 is 15.9 Å². The van der Waals surface area contributed by atoms with Gasteiger partial charge in [0.05, 0.1) is 18.0 Å². The summed E-state index contributed by atoms with van der Waals surface area (Å²) in [6.45, 7) is 0. The SMILES string of the molecule is O=C(O)CC(C1CC1)n1nnnc1-c1c(F)cccc1Br. The van der Waals surface area contributed by atoms with Crippen LogP contribution in [0.15, 0.2) is 22.7 Å². The van der Waals surface area contributed by atoms with E-state index < -0.39 is 11.8 Å². The van der Waals surface area contributed by atoms with Gasteiger partial charge >= 0.3 is 5.97 Å². The quantitative estimate of drug-likeness (QED) is 0.892. The van der Waals surface area contributed by atoms with Gasteiger partial charge in [-0.05, 0) is 57.2 Å². The molecule has 0 saturated heterocycles.